The van der Waals surface area contributed by atoms with E-state index in [-0.39, 0.29) is 23.1 Å². The Balaban J connectivity index is 1.64. The fraction of sp³-hybridized carbons (Fsp3) is 0.429. The number of rotatable bonds is 3. The van der Waals surface area contributed by atoms with Crippen LogP contribution in [0, 0.1) is 18.3 Å². The van der Waals surface area contributed by atoms with Crippen LogP contribution in [0.25, 0.3) is 5.57 Å². The van der Waals surface area contributed by atoms with Crippen LogP contribution in [0.15, 0.2) is 36.0 Å². The quantitative estimate of drug-likeness (QED) is 0.889. The smallest absolute Gasteiger partial charge is 0.251 e. The molecule has 130 valence electrons. The third-order valence-corrected chi connectivity index (χ3v) is 5.70. The summed E-state index contributed by atoms with van der Waals surface area (Å²) in [6, 6.07) is 6.21. The molecule has 1 saturated carbocycles. The number of carbonyl (C=O) groups excluding carboxylic acids is 2. The molecule has 4 nitrogen and oxygen atoms in total. The van der Waals surface area contributed by atoms with Gasteiger partial charge in [0.2, 0.25) is 5.91 Å². The van der Waals surface area contributed by atoms with Gasteiger partial charge in [-0.1, -0.05) is 26.0 Å². The van der Waals surface area contributed by atoms with Crippen LogP contribution in [-0.2, 0) is 4.79 Å². The average Bonchev–Trinajstić information content (AvgIpc) is 3.35. The molecular formula is C21H24N2O2. The summed E-state index contributed by atoms with van der Waals surface area (Å²) in [5.74, 6) is 0.305. The summed E-state index contributed by atoms with van der Waals surface area (Å²) in [7, 11) is 0. The second-order valence-corrected chi connectivity index (χ2v) is 8.00. The Hall–Kier alpha value is -2.36. The van der Waals surface area contributed by atoms with Crippen LogP contribution in [0.4, 0.5) is 0 Å². The topological polar surface area (TPSA) is 58.2 Å². The molecule has 1 aromatic carbocycles. The van der Waals surface area contributed by atoms with E-state index < -0.39 is 0 Å². The lowest BCUT2D eigenvalue weighted by molar-refractivity contribution is -0.127. The van der Waals surface area contributed by atoms with Gasteiger partial charge in [0.1, 0.15) is 0 Å². The number of benzene rings is 1. The van der Waals surface area contributed by atoms with Crippen LogP contribution in [0.3, 0.4) is 0 Å². The number of nitrogens with one attached hydrogen (secondary N) is 2. The van der Waals surface area contributed by atoms with Crippen molar-refractivity contribution in [3.8, 4) is 0 Å². The number of amides is 2. The molecule has 2 N–H and O–H groups in total. The van der Waals surface area contributed by atoms with E-state index in [4.69, 9.17) is 0 Å². The van der Waals surface area contributed by atoms with Crippen molar-refractivity contribution >= 4 is 17.4 Å². The third kappa shape index (κ3) is 2.80. The summed E-state index contributed by atoms with van der Waals surface area (Å²) in [5, 5.41) is 6.08. The zero-order valence-corrected chi connectivity index (χ0v) is 15.0. The van der Waals surface area contributed by atoms with E-state index in [9.17, 15) is 9.59 Å². The lowest BCUT2D eigenvalue weighted by atomic mass is 9.75. The monoisotopic (exact) mass is 336 g/mol. The first-order valence-electron chi connectivity index (χ1n) is 9.01. The minimum absolute atomic E-state index is 0.000918. The van der Waals surface area contributed by atoms with Gasteiger partial charge in [-0.15, -0.1) is 0 Å². The molecule has 1 atom stereocenters. The zero-order chi connectivity index (χ0) is 17.8. The molecule has 2 fully saturated rings. The Morgan fingerprint density at radius 1 is 1.28 bits per heavy atom. The van der Waals surface area contributed by atoms with Crippen LogP contribution in [0.2, 0.25) is 0 Å². The third-order valence-electron chi connectivity index (χ3n) is 5.70. The molecular weight excluding hydrogens is 312 g/mol. The van der Waals surface area contributed by atoms with Crippen molar-refractivity contribution in [3.05, 3.63) is 52.7 Å². The minimum Gasteiger partial charge on any atom is -0.349 e. The summed E-state index contributed by atoms with van der Waals surface area (Å²) in [6.07, 6.45) is 7.27. The highest BCUT2D eigenvalue weighted by atomic mass is 16.2. The molecule has 1 aliphatic heterocycles. The van der Waals surface area contributed by atoms with Crippen molar-refractivity contribution < 1.29 is 9.59 Å². The molecule has 1 aromatic rings. The fourth-order valence-corrected chi connectivity index (χ4v) is 3.71. The number of fused-ring (bicyclic) bond motifs is 1. The minimum atomic E-state index is -0.366. The molecule has 0 bridgehead atoms. The molecule has 4 rings (SSSR count). The Kier molecular flexibility index (Phi) is 3.60. The first-order valence-corrected chi connectivity index (χ1v) is 9.01. The fourth-order valence-electron chi connectivity index (χ4n) is 3.71. The van der Waals surface area contributed by atoms with Crippen LogP contribution >= 0.6 is 0 Å². The lowest BCUT2D eigenvalue weighted by Crippen LogP contribution is -2.28. The van der Waals surface area contributed by atoms with E-state index in [0.717, 1.165) is 41.7 Å². The molecule has 3 aliphatic rings. The number of carbonyl (C=O) groups is 2. The molecule has 1 unspecified atom stereocenters. The van der Waals surface area contributed by atoms with Gasteiger partial charge in [0.05, 0.1) is 5.41 Å². The van der Waals surface area contributed by atoms with E-state index in [2.05, 4.69) is 29.7 Å². The van der Waals surface area contributed by atoms with Crippen molar-refractivity contribution in [1.82, 2.24) is 10.6 Å². The van der Waals surface area contributed by atoms with Crippen LogP contribution in [0.1, 0.15) is 54.6 Å². The molecule has 1 heterocycles. The molecule has 1 saturated heterocycles. The summed E-state index contributed by atoms with van der Waals surface area (Å²) in [6.45, 7) is 6.06. The van der Waals surface area contributed by atoms with Gasteiger partial charge >= 0.3 is 0 Å². The van der Waals surface area contributed by atoms with Gasteiger partial charge in [0, 0.05) is 23.2 Å². The van der Waals surface area contributed by atoms with Crippen molar-refractivity contribution in [2.24, 2.45) is 11.3 Å². The van der Waals surface area contributed by atoms with Gasteiger partial charge in [-0.2, -0.15) is 0 Å². The standard InChI is InChI=1S/C21H24N2O2/c1-12-4-5-14(19(24)22-15-7-8-15)10-16(12)13-6-9-17-18(11-13)23-20(25)21(17,2)3/h4-6,10-11,15,17H,7-9H2,1-3H3,(H,22,24)(H,23,25). The zero-order valence-electron chi connectivity index (χ0n) is 15.0. The molecule has 0 aromatic heterocycles. The summed E-state index contributed by atoms with van der Waals surface area (Å²) < 4.78 is 0. The number of aryl methyl sites for hydroxylation is 1. The highest BCUT2D eigenvalue weighted by molar-refractivity contribution is 5.96. The van der Waals surface area contributed by atoms with Crippen molar-refractivity contribution in [2.75, 3.05) is 0 Å². The maximum absolute atomic E-state index is 12.3. The summed E-state index contributed by atoms with van der Waals surface area (Å²) >= 11 is 0. The van der Waals surface area contributed by atoms with Crippen molar-refractivity contribution in [1.29, 1.82) is 0 Å². The molecule has 0 radical (unpaired) electrons. The Morgan fingerprint density at radius 3 is 2.76 bits per heavy atom. The van der Waals surface area contributed by atoms with E-state index in [1.165, 1.54) is 0 Å². The maximum atomic E-state index is 12.3. The SMILES string of the molecule is Cc1ccc(C(=O)NC2CC2)cc1C1=CCC2C(=C1)NC(=O)C2(C)C. The average molecular weight is 336 g/mol. The number of hydrogen-bond donors (Lipinski definition) is 2. The maximum Gasteiger partial charge on any atom is 0.251 e. The highest BCUT2D eigenvalue weighted by Crippen LogP contribution is 2.44. The van der Waals surface area contributed by atoms with Gasteiger partial charge in [-0.05, 0) is 61.1 Å². The van der Waals surface area contributed by atoms with Crippen LogP contribution in [-0.4, -0.2) is 17.9 Å². The predicted molar refractivity (Wildman–Crippen MR) is 97.8 cm³/mol. The molecule has 2 aliphatic carbocycles. The second-order valence-electron chi connectivity index (χ2n) is 8.00. The van der Waals surface area contributed by atoms with Crippen LogP contribution < -0.4 is 10.6 Å². The van der Waals surface area contributed by atoms with E-state index in [1.54, 1.807) is 0 Å². The van der Waals surface area contributed by atoms with Gasteiger partial charge in [-0.25, -0.2) is 0 Å². The largest absolute Gasteiger partial charge is 0.349 e. The van der Waals surface area contributed by atoms with E-state index in [0.29, 0.717) is 11.6 Å². The van der Waals surface area contributed by atoms with Gasteiger partial charge < -0.3 is 10.6 Å². The van der Waals surface area contributed by atoms with Gasteiger partial charge in [0.25, 0.3) is 5.91 Å². The summed E-state index contributed by atoms with van der Waals surface area (Å²) in [4.78, 5) is 24.5. The second kappa shape index (κ2) is 5.58. The first-order chi connectivity index (χ1) is 11.9. The number of allylic oxidation sites excluding steroid dienone is 4. The van der Waals surface area contributed by atoms with Gasteiger partial charge in [0.15, 0.2) is 0 Å². The van der Waals surface area contributed by atoms with Crippen LogP contribution in [0.5, 0.6) is 0 Å². The Bertz CT molecular complexity index is 828. The Labute approximate surface area is 148 Å². The van der Waals surface area contributed by atoms with E-state index >= 15 is 0 Å². The highest BCUT2D eigenvalue weighted by Gasteiger charge is 2.45. The molecule has 4 heteroatoms. The first kappa shape index (κ1) is 16.1. The molecule has 25 heavy (non-hydrogen) atoms. The van der Waals surface area contributed by atoms with Crippen molar-refractivity contribution in [2.45, 2.75) is 46.1 Å². The summed E-state index contributed by atoms with van der Waals surface area (Å²) in [5.41, 5.74) is 4.61. The lowest BCUT2D eigenvalue weighted by Gasteiger charge is -2.26. The molecule has 2 amide bonds. The number of hydrogen-bond acceptors (Lipinski definition) is 2. The normalized spacial score (nSPS) is 24.1. The predicted octanol–water partition coefficient (Wildman–Crippen LogP) is 3.33. The van der Waals surface area contributed by atoms with E-state index in [1.807, 2.05) is 32.0 Å². The van der Waals surface area contributed by atoms with Crippen molar-refractivity contribution in [3.63, 3.8) is 0 Å². The molecule has 0 spiro atoms. The van der Waals surface area contributed by atoms with Gasteiger partial charge in [-0.3, -0.25) is 9.59 Å². The Morgan fingerprint density at radius 2 is 2.04 bits per heavy atom.